The molecule has 2 aromatic rings. The fraction of sp³-hybridized carbons (Fsp3) is 0.500. The van der Waals surface area contributed by atoms with Crippen molar-refractivity contribution >= 4 is 10.9 Å². The number of methoxy groups -OCH3 is 1. The summed E-state index contributed by atoms with van der Waals surface area (Å²) in [4.78, 5) is 0. The van der Waals surface area contributed by atoms with Crippen molar-refractivity contribution in [3.8, 4) is 0 Å². The molecule has 98 valence electrons. The molecule has 1 aromatic carbocycles. The Kier molecular flexibility index (Phi) is 3.99. The first-order valence-corrected chi connectivity index (χ1v) is 6.40. The fourth-order valence-electron chi connectivity index (χ4n) is 2.15. The molecule has 2 rings (SSSR count). The van der Waals surface area contributed by atoms with Crippen LogP contribution in [-0.4, -0.2) is 29.0 Å². The predicted octanol–water partition coefficient (Wildman–Crippen LogP) is 1.96. The number of hydrogen-bond acceptors (Lipinski definition) is 3. The summed E-state index contributed by atoms with van der Waals surface area (Å²) in [5.74, 6) is 0. The number of fused-ring (bicyclic) bond motifs is 1. The van der Waals surface area contributed by atoms with Crippen molar-refractivity contribution in [1.82, 2.24) is 9.78 Å². The van der Waals surface area contributed by atoms with Gasteiger partial charge in [-0.05, 0) is 19.9 Å². The molecule has 2 atom stereocenters. The number of rotatable bonds is 5. The normalized spacial score (nSPS) is 14.9. The van der Waals surface area contributed by atoms with Crippen LogP contribution >= 0.6 is 0 Å². The topological polar surface area (TPSA) is 53.1 Å². The Morgan fingerprint density at radius 3 is 2.78 bits per heavy atom. The molecule has 4 heteroatoms. The highest BCUT2D eigenvalue weighted by molar-refractivity contribution is 5.82. The van der Waals surface area contributed by atoms with Gasteiger partial charge in [0.05, 0.1) is 17.3 Å². The Morgan fingerprint density at radius 2 is 2.11 bits per heavy atom. The molecule has 0 spiro atoms. The van der Waals surface area contributed by atoms with Gasteiger partial charge < -0.3 is 10.5 Å². The lowest BCUT2D eigenvalue weighted by molar-refractivity contribution is 0.0953. The molecule has 0 saturated heterocycles. The van der Waals surface area contributed by atoms with Crippen LogP contribution in [-0.2, 0) is 17.7 Å². The smallest absolute Gasteiger partial charge is 0.0719 e. The summed E-state index contributed by atoms with van der Waals surface area (Å²) in [6, 6.07) is 8.25. The van der Waals surface area contributed by atoms with Crippen molar-refractivity contribution in [2.24, 2.45) is 5.73 Å². The van der Waals surface area contributed by atoms with Crippen molar-refractivity contribution in [3.05, 3.63) is 30.0 Å². The van der Waals surface area contributed by atoms with Crippen molar-refractivity contribution in [2.75, 3.05) is 7.11 Å². The molecule has 18 heavy (non-hydrogen) atoms. The molecule has 0 aliphatic carbocycles. The lowest BCUT2D eigenvalue weighted by Gasteiger charge is -2.17. The molecule has 2 N–H and O–H groups in total. The predicted molar refractivity (Wildman–Crippen MR) is 73.6 cm³/mol. The van der Waals surface area contributed by atoms with E-state index < -0.39 is 0 Å². The van der Waals surface area contributed by atoms with E-state index in [0.29, 0.717) is 0 Å². The highest BCUT2D eigenvalue weighted by Gasteiger charge is 2.17. The lowest BCUT2D eigenvalue weighted by atomic mass is 10.0. The Bertz CT molecular complexity index is 521. The van der Waals surface area contributed by atoms with Gasteiger partial charge in [0.2, 0.25) is 0 Å². The van der Waals surface area contributed by atoms with E-state index in [4.69, 9.17) is 10.5 Å². The third-order valence-electron chi connectivity index (χ3n) is 3.44. The second kappa shape index (κ2) is 5.50. The maximum atomic E-state index is 6.13. The van der Waals surface area contributed by atoms with Crippen LogP contribution in [0.25, 0.3) is 10.9 Å². The standard InChI is InChI=1S/C14H21N3O/c1-4-17-14-8-6-5-7-11(14)13(16-17)9-12(15)10(2)18-3/h5-8,10,12H,4,9,15H2,1-3H3. The zero-order chi connectivity index (χ0) is 13.1. The Hall–Kier alpha value is -1.39. The molecule has 2 unspecified atom stereocenters. The Labute approximate surface area is 108 Å². The quantitative estimate of drug-likeness (QED) is 0.878. The van der Waals surface area contributed by atoms with Crippen molar-refractivity contribution in [3.63, 3.8) is 0 Å². The van der Waals surface area contributed by atoms with Crippen LogP contribution in [0.1, 0.15) is 19.5 Å². The van der Waals surface area contributed by atoms with Crippen molar-refractivity contribution < 1.29 is 4.74 Å². The molecular formula is C14H21N3O. The summed E-state index contributed by atoms with van der Waals surface area (Å²) in [5, 5.41) is 5.84. The van der Waals surface area contributed by atoms with E-state index in [2.05, 4.69) is 24.2 Å². The molecule has 0 fully saturated rings. The molecule has 0 radical (unpaired) electrons. The third-order valence-corrected chi connectivity index (χ3v) is 3.44. The number of benzene rings is 1. The molecule has 0 aliphatic rings. The highest BCUT2D eigenvalue weighted by Crippen LogP contribution is 2.20. The monoisotopic (exact) mass is 247 g/mol. The number of ether oxygens (including phenoxy) is 1. The number of hydrogen-bond donors (Lipinski definition) is 1. The van der Waals surface area contributed by atoms with E-state index in [1.807, 2.05) is 23.7 Å². The van der Waals surface area contributed by atoms with Crippen LogP contribution in [0.15, 0.2) is 24.3 Å². The molecule has 0 amide bonds. The van der Waals surface area contributed by atoms with Gasteiger partial charge >= 0.3 is 0 Å². The zero-order valence-corrected chi connectivity index (χ0v) is 11.3. The maximum Gasteiger partial charge on any atom is 0.0719 e. The van der Waals surface area contributed by atoms with E-state index in [9.17, 15) is 0 Å². The minimum absolute atomic E-state index is 0.0291. The number of para-hydroxylation sites is 1. The minimum Gasteiger partial charge on any atom is -0.380 e. The second-order valence-corrected chi connectivity index (χ2v) is 4.59. The minimum atomic E-state index is -0.0291. The number of aromatic nitrogens is 2. The van der Waals surface area contributed by atoms with Crippen molar-refractivity contribution in [1.29, 1.82) is 0 Å². The zero-order valence-electron chi connectivity index (χ0n) is 11.3. The van der Waals surface area contributed by atoms with Crippen LogP contribution < -0.4 is 5.73 Å². The molecule has 0 saturated carbocycles. The molecule has 4 nitrogen and oxygen atoms in total. The highest BCUT2D eigenvalue weighted by atomic mass is 16.5. The Morgan fingerprint density at radius 1 is 1.39 bits per heavy atom. The first kappa shape index (κ1) is 13.1. The SMILES string of the molecule is CCn1nc(CC(N)C(C)OC)c2ccccc21. The van der Waals surface area contributed by atoms with E-state index in [0.717, 1.165) is 18.7 Å². The summed E-state index contributed by atoms with van der Waals surface area (Å²) in [6.45, 7) is 4.96. The van der Waals surface area contributed by atoms with Crippen LogP contribution in [0.5, 0.6) is 0 Å². The average molecular weight is 247 g/mol. The van der Waals surface area contributed by atoms with Gasteiger partial charge in [-0.25, -0.2) is 0 Å². The molecule has 1 aromatic heterocycles. The van der Waals surface area contributed by atoms with Crippen LogP contribution in [0, 0.1) is 0 Å². The van der Waals surface area contributed by atoms with E-state index in [1.54, 1.807) is 7.11 Å². The average Bonchev–Trinajstić information content (AvgIpc) is 2.76. The molecule has 1 heterocycles. The van der Waals surface area contributed by atoms with E-state index >= 15 is 0 Å². The first-order valence-electron chi connectivity index (χ1n) is 6.40. The van der Waals surface area contributed by atoms with E-state index in [1.165, 1.54) is 10.9 Å². The Balaban J connectivity index is 2.33. The van der Waals surface area contributed by atoms with Gasteiger partial charge in [0.1, 0.15) is 0 Å². The summed E-state index contributed by atoms with van der Waals surface area (Å²) in [7, 11) is 1.69. The van der Waals surface area contributed by atoms with Crippen LogP contribution in [0.4, 0.5) is 0 Å². The molecular weight excluding hydrogens is 226 g/mol. The van der Waals surface area contributed by atoms with Crippen LogP contribution in [0.3, 0.4) is 0 Å². The largest absolute Gasteiger partial charge is 0.380 e. The van der Waals surface area contributed by atoms with Gasteiger partial charge in [-0.15, -0.1) is 0 Å². The van der Waals surface area contributed by atoms with Gasteiger partial charge in [-0.3, -0.25) is 4.68 Å². The van der Waals surface area contributed by atoms with Gasteiger partial charge in [-0.2, -0.15) is 5.10 Å². The first-order chi connectivity index (χ1) is 8.67. The van der Waals surface area contributed by atoms with Crippen LogP contribution in [0.2, 0.25) is 0 Å². The summed E-state index contributed by atoms with van der Waals surface area (Å²) in [6.07, 6.45) is 0.776. The number of aryl methyl sites for hydroxylation is 1. The summed E-state index contributed by atoms with van der Waals surface area (Å²) in [5.41, 5.74) is 8.36. The summed E-state index contributed by atoms with van der Waals surface area (Å²) >= 11 is 0. The van der Waals surface area contributed by atoms with E-state index in [-0.39, 0.29) is 12.1 Å². The number of nitrogens with two attached hydrogens (primary N) is 1. The van der Waals surface area contributed by atoms with Gasteiger partial charge in [-0.1, -0.05) is 18.2 Å². The van der Waals surface area contributed by atoms with Gasteiger partial charge in [0.15, 0.2) is 0 Å². The summed E-state index contributed by atoms with van der Waals surface area (Å²) < 4.78 is 7.29. The molecule has 0 aliphatic heterocycles. The lowest BCUT2D eigenvalue weighted by Crippen LogP contribution is -2.36. The van der Waals surface area contributed by atoms with Gasteiger partial charge in [0.25, 0.3) is 0 Å². The van der Waals surface area contributed by atoms with Crippen molar-refractivity contribution in [2.45, 2.75) is 39.0 Å². The number of nitrogens with zero attached hydrogens (tertiary/aromatic N) is 2. The van der Waals surface area contributed by atoms with Gasteiger partial charge in [0, 0.05) is 31.5 Å². The maximum absolute atomic E-state index is 6.13. The second-order valence-electron chi connectivity index (χ2n) is 4.59. The fourth-order valence-corrected chi connectivity index (χ4v) is 2.15. The molecule has 0 bridgehead atoms. The third kappa shape index (κ3) is 2.40.